The molecule has 0 saturated carbocycles. The van der Waals surface area contributed by atoms with Crippen LogP contribution in [0.2, 0.25) is 10.0 Å². The molecule has 1 heterocycles. The van der Waals surface area contributed by atoms with Crippen molar-refractivity contribution in [3.63, 3.8) is 0 Å². The van der Waals surface area contributed by atoms with Gasteiger partial charge in [-0.3, -0.25) is 0 Å². The molecule has 0 amide bonds. The molecular formula is C14H20Cl2N2O2S. The minimum atomic E-state index is -3.56. The fourth-order valence-electron chi connectivity index (χ4n) is 2.64. The summed E-state index contributed by atoms with van der Waals surface area (Å²) in [5, 5.41) is 0.658. The first-order chi connectivity index (χ1) is 9.84. The first kappa shape index (κ1) is 17.0. The quantitative estimate of drug-likeness (QED) is 0.837. The summed E-state index contributed by atoms with van der Waals surface area (Å²) in [5.74, 6) is 0. The summed E-state index contributed by atoms with van der Waals surface area (Å²) in [5.41, 5.74) is 0. The molecule has 0 atom stereocenters. The van der Waals surface area contributed by atoms with Crippen molar-refractivity contribution in [1.82, 2.24) is 9.21 Å². The van der Waals surface area contributed by atoms with Crippen LogP contribution in [0, 0.1) is 0 Å². The highest BCUT2D eigenvalue weighted by atomic mass is 35.5. The molecule has 0 N–H and O–H groups in total. The molecule has 1 aromatic rings. The van der Waals surface area contributed by atoms with Crippen molar-refractivity contribution in [2.75, 3.05) is 26.7 Å². The Kier molecular flexibility index (Phi) is 5.54. The summed E-state index contributed by atoms with van der Waals surface area (Å²) in [6.45, 7) is 4.98. The lowest BCUT2D eigenvalue weighted by atomic mass is 10.1. The van der Waals surface area contributed by atoms with E-state index >= 15 is 0 Å². The van der Waals surface area contributed by atoms with Gasteiger partial charge in [-0.1, -0.05) is 30.1 Å². The van der Waals surface area contributed by atoms with E-state index in [4.69, 9.17) is 23.2 Å². The highest BCUT2D eigenvalue weighted by Gasteiger charge is 2.30. The third-order valence-corrected chi connectivity index (χ3v) is 6.36. The molecule has 0 aromatic heterocycles. The fraction of sp³-hybridized carbons (Fsp3) is 0.571. The molecule has 4 nitrogen and oxygen atoms in total. The van der Waals surface area contributed by atoms with Crippen molar-refractivity contribution in [3.8, 4) is 0 Å². The highest BCUT2D eigenvalue weighted by Crippen LogP contribution is 2.27. The Morgan fingerprint density at radius 3 is 2.19 bits per heavy atom. The molecule has 0 bridgehead atoms. The zero-order valence-electron chi connectivity index (χ0n) is 12.2. The van der Waals surface area contributed by atoms with Crippen LogP contribution in [-0.2, 0) is 10.0 Å². The number of nitrogens with zero attached hydrogens (tertiary/aromatic N) is 2. The van der Waals surface area contributed by atoms with E-state index in [1.807, 2.05) is 0 Å². The van der Waals surface area contributed by atoms with E-state index in [2.05, 4.69) is 11.8 Å². The monoisotopic (exact) mass is 350 g/mol. The van der Waals surface area contributed by atoms with E-state index < -0.39 is 10.0 Å². The molecule has 1 fully saturated rings. The second-order valence-corrected chi connectivity index (χ2v) is 8.16. The standard InChI is InChI=1S/C14H20Cl2N2O2S/c1-3-18-6-4-13(5-7-18)17(2)21(19,20)14-9-11(15)8-12(16)10-14/h8-10,13H,3-7H2,1-2H3. The molecule has 0 aliphatic carbocycles. The third kappa shape index (κ3) is 3.90. The number of sulfonamides is 1. The van der Waals surface area contributed by atoms with Crippen molar-refractivity contribution in [2.24, 2.45) is 0 Å². The predicted octanol–water partition coefficient (Wildman–Crippen LogP) is 3.10. The van der Waals surface area contributed by atoms with Crippen molar-refractivity contribution in [2.45, 2.75) is 30.7 Å². The average Bonchev–Trinajstić information content (AvgIpc) is 2.45. The second kappa shape index (κ2) is 6.84. The van der Waals surface area contributed by atoms with Gasteiger partial charge in [-0.2, -0.15) is 4.31 Å². The number of halogens is 2. The van der Waals surface area contributed by atoms with Crippen LogP contribution in [0.5, 0.6) is 0 Å². The predicted molar refractivity (Wildman–Crippen MR) is 86.5 cm³/mol. The number of piperidine rings is 1. The largest absolute Gasteiger partial charge is 0.303 e. The minimum Gasteiger partial charge on any atom is -0.303 e. The molecule has 7 heteroatoms. The molecule has 1 saturated heterocycles. The lowest BCUT2D eigenvalue weighted by molar-refractivity contribution is 0.176. The Hall–Kier alpha value is -0.330. The van der Waals surface area contributed by atoms with Crippen molar-refractivity contribution in [3.05, 3.63) is 28.2 Å². The van der Waals surface area contributed by atoms with Crippen LogP contribution in [0.25, 0.3) is 0 Å². The summed E-state index contributed by atoms with van der Waals surface area (Å²) in [6.07, 6.45) is 1.69. The zero-order valence-corrected chi connectivity index (χ0v) is 14.5. The summed E-state index contributed by atoms with van der Waals surface area (Å²) < 4.78 is 26.8. The molecule has 2 rings (SSSR count). The highest BCUT2D eigenvalue weighted by molar-refractivity contribution is 7.89. The van der Waals surface area contributed by atoms with Crippen LogP contribution in [-0.4, -0.2) is 50.3 Å². The summed E-state index contributed by atoms with van der Waals surface area (Å²) in [7, 11) is -1.93. The summed E-state index contributed by atoms with van der Waals surface area (Å²) in [4.78, 5) is 2.48. The average molecular weight is 351 g/mol. The molecule has 21 heavy (non-hydrogen) atoms. The lowest BCUT2D eigenvalue weighted by Gasteiger charge is -2.35. The van der Waals surface area contributed by atoms with E-state index in [1.165, 1.54) is 22.5 Å². The van der Waals surface area contributed by atoms with Gasteiger partial charge >= 0.3 is 0 Å². The maximum Gasteiger partial charge on any atom is 0.243 e. The van der Waals surface area contributed by atoms with Crippen LogP contribution in [0.4, 0.5) is 0 Å². The first-order valence-electron chi connectivity index (χ1n) is 7.01. The molecule has 0 radical (unpaired) electrons. The topological polar surface area (TPSA) is 40.6 Å². The van der Waals surface area contributed by atoms with Crippen LogP contribution in [0.3, 0.4) is 0 Å². The van der Waals surface area contributed by atoms with Gasteiger partial charge in [-0.25, -0.2) is 8.42 Å². The van der Waals surface area contributed by atoms with Gasteiger partial charge < -0.3 is 4.90 Å². The van der Waals surface area contributed by atoms with Gasteiger partial charge in [-0.05, 0) is 50.7 Å². The van der Waals surface area contributed by atoms with Crippen molar-refractivity contribution in [1.29, 1.82) is 0 Å². The van der Waals surface area contributed by atoms with Gasteiger partial charge in [0.1, 0.15) is 0 Å². The van der Waals surface area contributed by atoms with E-state index in [1.54, 1.807) is 7.05 Å². The van der Waals surface area contributed by atoms with Gasteiger partial charge in [-0.15, -0.1) is 0 Å². The number of benzene rings is 1. The summed E-state index contributed by atoms with van der Waals surface area (Å²) >= 11 is 11.8. The van der Waals surface area contributed by atoms with E-state index in [9.17, 15) is 8.42 Å². The van der Waals surface area contributed by atoms with E-state index in [-0.39, 0.29) is 10.9 Å². The number of hydrogen-bond acceptors (Lipinski definition) is 3. The molecule has 1 aromatic carbocycles. The molecule has 118 valence electrons. The molecule has 1 aliphatic rings. The van der Waals surface area contributed by atoms with Gasteiger partial charge in [0.2, 0.25) is 10.0 Å². The zero-order chi connectivity index (χ0) is 15.6. The number of rotatable bonds is 4. The number of hydrogen-bond donors (Lipinski definition) is 0. The Labute approximate surface area is 136 Å². The minimum absolute atomic E-state index is 0.0237. The van der Waals surface area contributed by atoms with Gasteiger partial charge in [0, 0.05) is 23.1 Å². The normalized spacial score (nSPS) is 18.3. The maximum atomic E-state index is 12.7. The van der Waals surface area contributed by atoms with Crippen LogP contribution >= 0.6 is 23.2 Å². The van der Waals surface area contributed by atoms with Crippen molar-refractivity contribution >= 4 is 33.2 Å². The SMILES string of the molecule is CCN1CCC(N(C)S(=O)(=O)c2cc(Cl)cc(Cl)c2)CC1. The van der Waals surface area contributed by atoms with E-state index in [0.717, 1.165) is 32.5 Å². The maximum absolute atomic E-state index is 12.7. The Morgan fingerprint density at radius 1 is 1.19 bits per heavy atom. The molecule has 0 spiro atoms. The third-order valence-electron chi connectivity index (χ3n) is 4.03. The number of likely N-dealkylation sites (tertiary alicyclic amines) is 1. The Bertz CT molecular complexity index is 579. The summed E-state index contributed by atoms with van der Waals surface area (Å²) in [6, 6.07) is 4.44. The van der Waals surface area contributed by atoms with E-state index in [0.29, 0.717) is 10.0 Å². The lowest BCUT2D eigenvalue weighted by Crippen LogP contribution is -2.45. The van der Waals surface area contributed by atoms with Gasteiger partial charge in [0.15, 0.2) is 0 Å². The second-order valence-electron chi connectivity index (χ2n) is 5.29. The first-order valence-corrected chi connectivity index (χ1v) is 9.20. The van der Waals surface area contributed by atoms with Crippen LogP contribution < -0.4 is 0 Å². The Morgan fingerprint density at radius 2 is 1.71 bits per heavy atom. The smallest absolute Gasteiger partial charge is 0.243 e. The van der Waals surface area contributed by atoms with Crippen LogP contribution in [0.1, 0.15) is 19.8 Å². The molecule has 0 unspecified atom stereocenters. The Balaban J connectivity index is 2.19. The fourth-order valence-corrected chi connectivity index (χ4v) is 4.78. The van der Waals surface area contributed by atoms with Gasteiger partial charge in [0.25, 0.3) is 0 Å². The van der Waals surface area contributed by atoms with Crippen LogP contribution in [0.15, 0.2) is 23.1 Å². The molecule has 1 aliphatic heterocycles. The van der Waals surface area contributed by atoms with Gasteiger partial charge in [0.05, 0.1) is 4.90 Å². The van der Waals surface area contributed by atoms with Crippen molar-refractivity contribution < 1.29 is 8.42 Å². The molecular weight excluding hydrogens is 331 g/mol.